The SMILES string of the molecule is [O-]/[N+](=C\c1ccc(OC2CCCO2)cc1)c1ccc(F)cc1. The molecule has 1 unspecified atom stereocenters. The summed E-state index contributed by atoms with van der Waals surface area (Å²) in [5.74, 6) is 0.344. The van der Waals surface area contributed by atoms with Crippen LogP contribution in [0.3, 0.4) is 0 Å². The van der Waals surface area contributed by atoms with Gasteiger partial charge in [0.25, 0.3) is 0 Å². The zero-order valence-corrected chi connectivity index (χ0v) is 11.9. The molecule has 0 radical (unpaired) electrons. The van der Waals surface area contributed by atoms with Crippen molar-refractivity contribution in [3.05, 3.63) is 65.1 Å². The maximum Gasteiger partial charge on any atom is 0.216 e. The van der Waals surface area contributed by atoms with Gasteiger partial charge in [0.1, 0.15) is 11.6 Å². The maximum absolute atomic E-state index is 12.8. The number of hydrogen-bond donors (Lipinski definition) is 0. The zero-order valence-electron chi connectivity index (χ0n) is 11.9. The van der Waals surface area contributed by atoms with E-state index >= 15 is 0 Å². The van der Waals surface area contributed by atoms with Gasteiger partial charge in [-0.25, -0.2) is 4.39 Å². The van der Waals surface area contributed by atoms with E-state index in [2.05, 4.69) is 0 Å². The minimum absolute atomic E-state index is 0.176. The summed E-state index contributed by atoms with van der Waals surface area (Å²) < 4.78 is 24.6. The number of nitrogens with zero attached hydrogens (tertiary/aromatic N) is 1. The molecule has 3 rings (SSSR count). The summed E-state index contributed by atoms with van der Waals surface area (Å²) in [5, 5.41) is 12.0. The second-order valence-corrected chi connectivity index (χ2v) is 5.06. The average molecular weight is 301 g/mol. The Balaban J connectivity index is 1.69. The van der Waals surface area contributed by atoms with Crippen LogP contribution >= 0.6 is 0 Å². The van der Waals surface area contributed by atoms with Gasteiger partial charge in [0.2, 0.25) is 5.69 Å². The van der Waals surface area contributed by atoms with Crippen molar-refractivity contribution in [2.45, 2.75) is 19.1 Å². The van der Waals surface area contributed by atoms with E-state index in [1.54, 1.807) is 24.3 Å². The van der Waals surface area contributed by atoms with Gasteiger partial charge in [-0.3, -0.25) is 0 Å². The average Bonchev–Trinajstić information content (AvgIpc) is 3.03. The molecule has 1 atom stereocenters. The van der Waals surface area contributed by atoms with Crippen LogP contribution < -0.4 is 4.74 Å². The molecule has 0 amide bonds. The summed E-state index contributed by atoms with van der Waals surface area (Å²) in [6.45, 7) is 0.735. The smallest absolute Gasteiger partial charge is 0.216 e. The first-order chi connectivity index (χ1) is 10.7. The molecule has 4 nitrogen and oxygen atoms in total. The van der Waals surface area contributed by atoms with Crippen molar-refractivity contribution >= 4 is 11.9 Å². The third-order valence-corrected chi connectivity index (χ3v) is 3.38. The summed E-state index contributed by atoms with van der Waals surface area (Å²) in [6, 6.07) is 12.6. The molecule has 22 heavy (non-hydrogen) atoms. The van der Waals surface area contributed by atoms with Gasteiger partial charge in [-0.2, -0.15) is 4.74 Å². The highest BCUT2D eigenvalue weighted by Crippen LogP contribution is 2.19. The van der Waals surface area contributed by atoms with Gasteiger partial charge in [0, 0.05) is 24.1 Å². The van der Waals surface area contributed by atoms with E-state index in [1.165, 1.54) is 30.5 Å². The van der Waals surface area contributed by atoms with Crippen LogP contribution in [-0.2, 0) is 4.74 Å². The molecule has 0 aliphatic carbocycles. The molecule has 2 aromatic rings. The molecule has 5 heteroatoms. The van der Waals surface area contributed by atoms with Gasteiger partial charge >= 0.3 is 0 Å². The molecular formula is C17H16FNO3. The summed E-state index contributed by atoms with van der Waals surface area (Å²) >= 11 is 0. The predicted molar refractivity (Wildman–Crippen MR) is 80.9 cm³/mol. The Labute approximate surface area is 128 Å². The molecule has 0 saturated carbocycles. The molecule has 2 aromatic carbocycles. The van der Waals surface area contributed by atoms with E-state index < -0.39 is 0 Å². The first-order valence-electron chi connectivity index (χ1n) is 7.16. The Bertz CT molecular complexity index is 647. The van der Waals surface area contributed by atoms with Crippen LogP contribution in [0.1, 0.15) is 18.4 Å². The van der Waals surface area contributed by atoms with E-state index in [4.69, 9.17) is 9.47 Å². The lowest BCUT2D eigenvalue weighted by atomic mass is 10.2. The summed E-state index contributed by atoms with van der Waals surface area (Å²) in [6.07, 6.45) is 3.17. The monoisotopic (exact) mass is 301 g/mol. The van der Waals surface area contributed by atoms with Crippen LogP contribution in [0, 0.1) is 11.0 Å². The Hall–Kier alpha value is -2.40. The standard InChI is InChI=1S/C17H16FNO3/c18-14-5-7-15(8-6-14)19(20)12-13-3-9-16(10-4-13)22-17-2-1-11-21-17/h3-10,12,17H,1-2,11H2/b19-12-. The van der Waals surface area contributed by atoms with Crippen molar-refractivity contribution in [3.8, 4) is 5.75 Å². The van der Waals surface area contributed by atoms with Gasteiger partial charge in [0.15, 0.2) is 12.5 Å². The number of ether oxygens (including phenoxy) is 2. The first kappa shape index (κ1) is 14.5. The van der Waals surface area contributed by atoms with Crippen LogP contribution in [0.5, 0.6) is 5.75 Å². The zero-order chi connectivity index (χ0) is 15.4. The number of halogens is 1. The molecule has 0 spiro atoms. The Morgan fingerprint density at radius 2 is 1.86 bits per heavy atom. The lowest BCUT2D eigenvalue weighted by molar-refractivity contribution is -0.354. The highest BCUT2D eigenvalue weighted by Gasteiger charge is 2.16. The van der Waals surface area contributed by atoms with Crippen molar-refractivity contribution in [1.29, 1.82) is 0 Å². The first-order valence-corrected chi connectivity index (χ1v) is 7.16. The van der Waals surface area contributed by atoms with Crippen LogP contribution in [0.15, 0.2) is 48.5 Å². The lowest BCUT2D eigenvalue weighted by Crippen LogP contribution is -2.13. The minimum Gasteiger partial charge on any atom is -0.618 e. The fraction of sp³-hybridized carbons (Fsp3) is 0.235. The number of rotatable bonds is 4. The van der Waals surface area contributed by atoms with Crippen molar-refractivity contribution in [3.63, 3.8) is 0 Å². The van der Waals surface area contributed by atoms with Gasteiger partial charge in [0.05, 0.1) is 6.61 Å². The van der Waals surface area contributed by atoms with Gasteiger partial charge in [-0.15, -0.1) is 0 Å². The largest absolute Gasteiger partial charge is 0.618 e. The third kappa shape index (κ3) is 3.62. The molecule has 1 heterocycles. The van der Waals surface area contributed by atoms with Crippen LogP contribution in [0.2, 0.25) is 0 Å². The molecular weight excluding hydrogens is 285 g/mol. The van der Waals surface area contributed by atoms with E-state index in [-0.39, 0.29) is 12.1 Å². The fourth-order valence-corrected chi connectivity index (χ4v) is 2.22. The predicted octanol–water partition coefficient (Wildman–Crippen LogP) is 3.60. The molecule has 1 fully saturated rings. The van der Waals surface area contributed by atoms with Gasteiger partial charge < -0.3 is 14.7 Å². The molecule has 0 aromatic heterocycles. The normalized spacial score (nSPS) is 18.4. The van der Waals surface area contributed by atoms with E-state index in [0.717, 1.165) is 25.0 Å². The highest BCUT2D eigenvalue weighted by atomic mass is 19.1. The molecule has 0 N–H and O–H groups in total. The van der Waals surface area contributed by atoms with Gasteiger partial charge in [-0.1, -0.05) is 0 Å². The molecule has 1 aliphatic rings. The molecule has 0 bridgehead atoms. The molecule has 1 saturated heterocycles. The van der Waals surface area contributed by atoms with Crippen LogP contribution in [-0.4, -0.2) is 23.9 Å². The minimum atomic E-state index is -0.368. The highest BCUT2D eigenvalue weighted by molar-refractivity contribution is 5.76. The Morgan fingerprint density at radius 3 is 2.50 bits per heavy atom. The quantitative estimate of drug-likeness (QED) is 0.375. The van der Waals surface area contributed by atoms with Crippen molar-refractivity contribution < 1.29 is 18.6 Å². The van der Waals surface area contributed by atoms with Crippen LogP contribution in [0.25, 0.3) is 0 Å². The second-order valence-electron chi connectivity index (χ2n) is 5.06. The maximum atomic E-state index is 12.8. The summed E-state index contributed by atoms with van der Waals surface area (Å²) in [4.78, 5) is 0. The van der Waals surface area contributed by atoms with E-state index in [9.17, 15) is 9.60 Å². The van der Waals surface area contributed by atoms with E-state index in [1.807, 2.05) is 0 Å². The Morgan fingerprint density at radius 1 is 1.14 bits per heavy atom. The van der Waals surface area contributed by atoms with Gasteiger partial charge in [-0.05, 0) is 42.8 Å². The van der Waals surface area contributed by atoms with Crippen LogP contribution in [0.4, 0.5) is 10.1 Å². The van der Waals surface area contributed by atoms with Crippen molar-refractivity contribution in [2.75, 3.05) is 6.61 Å². The second kappa shape index (κ2) is 6.58. The topological polar surface area (TPSA) is 44.5 Å². The fourth-order valence-electron chi connectivity index (χ4n) is 2.22. The molecule has 1 aliphatic heterocycles. The molecule has 114 valence electrons. The third-order valence-electron chi connectivity index (χ3n) is 3.38. The number of hydrogen-bond acceptors (Lipinski definition) is 3. The lowest BCUT2D eigenvalue weighted by Gasteiger charge is -2.12. The summed E-state index contributed by atoms with van der Waals surface area (Å²) in [5.41, 5.74) is 1.11. The Kier molecular flexibility index (Phi) is 4.34. The van der Waals surface area contributed by atoms with Crippen molar-refractivity contribution in [1.82, 2.24) is 0 Å². The number of benzene rings is 2. The van der Waals surface area contributed by atoms with E-state index in [0.29, 0.717) is 16.2 Å². The summed E-state index contributed by atoms with van der Waals surface area (Å²) in [7, 11) is 0. The van der Waals surface area contributed by atoms with Crippen molar-refractivity contribution in [2.24, 2.45) is 0 Å².